The Balaban J connectivity index is 0.000000163. The van der Waals surface area contributed by atoms with E-state index in [0.29, 0.717) is 46.4 Å². The quantitative estimate of drug-likeness (QED) is 0.0377. The number of esters is 1. The van der Waals surface area contributed by atoms with Gasteiger partial charge in [0.1, 0.15) is 53.6 Å². The van der Waals surface area contributed by atoms with Gasteiger partial charge < -0.3 is 37.5 Å². The van der Waals surface area contributed by atoms with Crippen LogP contribution >= 0.6 is 0 Å². The Labute approximate surface area is 584 Å². The first-order chi connectivity index (χ1) is 48.8. The second kappa shape index (κ2) is 34.2. The largest absolute Gasteiger partial charge is 0.486 e. The predicted molar refractivity (Wildman–Crippen MR) is 385 cm³/mol. The van der Waals surface area contributed by atoms with Crippen molar-refractivity contribution in [3.05, 3.63) is 254 Å². The summed E-state index contributed by atoms with van der Waals surface area (Å²) in [5.41, 5.74) is 11.5. The van der Waals surface area contributed by atoms with Crippen molar-refractivity contribution in [2.75, 3.05) is 44.6 Å². The zero-order valence-corrected chi connectivity index (χ0v) is 57.3. The number of anilines is 1. The molecule has 2 atom stereocenters. The summed E-state index contributed by atoms with van der Waals surface area (Å²) in [5, 5.41) is 10.7. The number of Topliss-reactive ketones (excluding diaryl/α,β-unsaturated/α-hetero) is 1. The number of aryl methyl sites for hydroxylation is 1. The van der Waals surface area contributed by atoms with E-state index in [1.54, 1.807) is 36.4 Å². The highest BCUT2D eigenvalue weighted by atomic mass is 32.2. The van der Waals surface area contributed by atoms with Crippen LogP contribution in [0.3, 0.4) is 0 Å². The fourth-order valence-corrected chi connectivity index (χ4v) is 11.6. The Morgan fingerprint density at radius 2 is 1.24 bits per heavy atom. The van der Waals surface area contributed by atoms with Gasteiger partial charge in [-0.3, -0.25) is 28.9 Å². The molecule has 1 amide bonds. The van der Waals surface area contributed by atoms with Crippen LogP contribution in [0.5, 0.6) is 5.75 Å². The summed E-state index contributed by atoms with van der Waals surface area (Å²) in [6.45, 7) is 8.48. The number of halogens is 1. The number of carboxylic acids is 1. The minimum Gasteiger partial charge on any atom is -0.486 e. The van der Waals surface area contributed by atoms with Crippen LogP contribution in [-0.2, 0) is 45.1 Å². The lowest BCUT2D eigenvalue weighted by molar-refractivity contribution is -0.152. The van der Waals surface area contributed by atoms with Gasteiger partial charge in [0.15, 0.2) is 29.4 Å². The number of ketones is 1. The number of carboxylic acid groups (broad SMARTS) is 1. The Morgan fingerprint density at radius 1 is 0.624 bits per heavy atom. The van der Waals surface area contributed by atoms with E-state index in [-0.39, 0.29) is 43.0 Å². The zero-order chi connectivity index (χ0) is 71.4. The Bertz CT molecular complexity index is 4800. The molecule has 0 saturated carbocycles. The van der Waals surface area contributed by atoms with Crippen molar-refractivity contribution in [2.45, 2.75) is 58.9 Å². The third-order valence-corrected chi connectivity index (χ3v) is 16.6. The third kappa shape index (κ3) is 19.6. The minimum atomic E-state index is -3.57. The first-order valence-corrected chi connectivity index (χ1v) is 34.4. The van der Waals surface area contributed by atoms with Crippen LogP contribution in [0, 0.1) is 18.7 Å². The molecule has 0 bridgehead atoms. The van der Waals surface area contributed by atoms with E-state index in [1.807, 2.05) is 188 Å². The predicted octanol–water partition coefficient (Wildman–Crippen LogP) is 15.9. The molecule has 0 aliphatic rings. The fourth-order valence-electron chi connectivity index (χ4n) is 11.1. The van der Waals surface area contributed by atoms with E-state index in [9.17, 15) is 37.1 Å². The van der Waals surface area contributed by atoms with Gasteiger partial charge in [-0.05, 0) is 106 Å². The van der Waals surface area contributed by atoms with E-state index >= 15 is 0 Å². The van der Waals surface area contributed by atoms with Crippen molar-refractivity contribution < 1.29 is 64.6 Å². The molecule has 4 aromatic heterocycles. The van der Waals surface area contributed by atoms with Gasteiger partial charge in [0.25, 0.3) is 5.91 Å². The summed E-state index contributed by atoms with van der Waals surface area (Å²) in [4.78, 5) is 68.9. The molecule has 0 aliphatic carbocycles. The molecular weight excluding hydrogens is 1300 g/mol. The maximum Gasteiger partial charge on any atom is 0.317 e. The van der Waals surface area contributed by atoms with Crippen LogP contribution < -0.4 is 14.4 Å². The van der Waals surface area contributed by atoms with E-state index < -0.39 is 39.7 Å². The summed E-state index contributed by atoms with van der Waals surface area (Å²) in [5.74, 6) is -1.91. The van der Waals surface area contributed by atoms with Gasteiger partial charge in [0, 0.05) is 52.4 Å². The molecule has 2 unspecified atom stereocenters. The van der Waals surface area contributed by atoms with Crippen molar-refractivity contribution in [1.82, 2.24) is 24.7 Å². The minimum absolute atomic E-state index is 0.00727. The van der Waals surface area contributed by atoms with Crippen LogP contribution in [0.1, 0.15) is 56.4 Å². The molecule has 19 nitrogen and oxygen atoms in total. The number of fused-ring (bicyclic) bond motifs is 1. The highest BCUT2D eigenvalue weighted by molar-refractivity contribution is 7.89. The number of aliphatic carboxylic acids is 1. The molecule has 0 spiro atoms. The van der Waals surface area contributed by atoms with Crippen LogP contribution in [0.4, 0.5) is 10.2 Å². The average molecular weight is 1380 g/mol. The van der Waals surface area contributed by atoms with Crippen molar-refractivity contribution in [1.29, 1.82) is 0 Å². The number of nitrogens with one attached hydrogen (secondary N) is 1. The zero-order valence-electron chi connectivity index (χ0n) is 56.5. The van der Waals surface area contributed by atoms with E-state index in [2.05, 4.69) is 23.7 Å². The Hall–Kier alpha value is -11.7. The number of sulfonamides is 1. The van der Waals surface area contributed by atoms with Gasteiger partial charge >= 0.3 is 11.9 Å². The molecule has 2 N–H and O–H groups in total. The first-order valence-electron chi connectivity index (χ1n) is 32.6. The number of methoxy groups -OCH3 is 1. The van der Waals surface area contributed by atoms with Crippen LogP contribution in [0.2, 0.25) is 0 Å². The second-order valence-corrected chi connectivity index (χ2v) is 25.8. The molecule has 8 aromatic carbocycles. The van der Waals surface area contributed by atoms with Crippen molar-refractivity contribution in [3.63, 3.8) is 0 Å². The molecule has 101 heavy (non-hydrogen) atoms. The fraction of sp³-hybridized carbons (Fsp3) is 0.200. The van der Waals surface area contributed by atoms with Crippen LogP contribution in [-0.4, -0.2) is 103 Å². The smallest absolute Gasteiger partial charge is 0.317 e. The van der Waals surface area contributed by atoms with Gasteiger partial charge in [-0.2, -0.15) is 0 Å². The van der Waals surface area contributed by atoms with E-state index in [1.165, 1.54) is 32.6 Å². The number of benzene rings is 8. The Morgan fingerprint density at radius 3 is 1.85 bits per heavy atom. The maximum atomic E-state index is 13.3. The molecule has 0 saturated heterocycles. The number of aromatic nitrogens is 4. The van der Waals surface area contributed by atoms with Crippen molar-refractivity contribution >= 4 is 50.4 Å². The first kappa shape index (κ1) is 72.1. The average Bonchev–Trinajstić information content (AvgIpc) is 1.71. The van der Waals surface area contributed by atoms with Gasteiger partial charge in [0.05, 0.1) is 36.9 Å². The standard InChI is InChI=1S/C27H23FO5.C27H20N2O4.C26H32N4O4S/c1-16-3-5-17(6-4-16)13-22(26(29)30)25(27(31)32-2)24-15-20-14-19(9-12-23(20)33-24)18-7-10-21(28)11-8-18;1-18(30)16-31-22-14-8-13-21(15-22)25-24(28-17-32-25)27-29-23(19-9-4-2-5-10-19)26(33-27)20-11-6-3-7-12-20;1-20(2)30(16-10-11-17-34-19-24(31)29-35(3,32)33)23-18-27-25(21-12-6-4-7-13-21)26(28-23)22-14-8-5-9-15-22/h3-12,14-15,22,25H,13H2,1-2H3,(H,29,30);2-15,17H,16H2,1H3;4-9,12-15,18,20H,10-11,16-17,19H2,1-3H3,(H,29,31). The van der Waals surface area contributed by atoms with Crippen molar-refractivity contribution in [2.24, 2.45) is 5.92 Å². The molecular formula is C80H75FN6O13S. The number of hydrogen-bond acceptors (Lipinski definition) is 17. The lowest BCUT2D eigenvalue weighted by Crippen LogP contribution is -2.33. The SMILES string of the molecule is CC(=O)COc1cccc(-c2ocnc2-c2nc(-c3ccccc3)c(-c3ccccc3)o2)c1.CC(C)N(CCCCOCC(=O)NS(C)(=O)=O)c1cnc(-c2ccccc2)c(-c2ccccc2)n1.COC(=O)C(c1cc2cc(-c3ccc(F)cc3)ccc2o1)C(Cc1ccc(C)cc1)C(=O)O. The molecule has 0 aliphatic heterocycles. The van der Waals surface area contributed by atoms with Gasteiger partial charge in [-0.1, -0.05) is 181 Å². The number of ether oxygens (including phenoxy) is 3. The third-order valence-electron chi connectivity index (χ3n) is 16.0. The summed E-state index contributed by atoms with van der Waals surface area (Å²) >= 11 is 0. The number of furan rings is 1. The summed E-state index contributed by atoms with van der Waals surface area (Å²) in [6, 6.07) is 68.1. The molecule has 0 fully saturated rings. The number of amides is 1. The summed E-state index contributed by atoms with van der Waals surface area (Å²) in [6.07, 6.45) is 5.80. The molecule has 12 aromatic rings. The number of oxazole rings is 2. The Kier molecular flexibility index (Phi) is 24.4. The molecule has 12 rings (SSSR count). The van der Waals surface area contributed by atoms with Gasteiger partial charge in [0.2, 0.25) is 15.9 Å². The maximum absolute atomic E-state index is 13.3. The monoisotopic (exact) mass is 1380 g/mol. The number of rotatable bonds is 26. The second-order valence-electron chi connectivity index (χ2n) is 24.0. The highest BCUT2D eigenvalue weighted by Crippen LogP contribution is 2.40. The molecule has 0 radical (unpaired) electrons. The molecule has 4 heterocycles. The lowest BCUT2D eigenvalue weighted by Gasteiger charge is -2.28. The number of unbranched alkanes of at least 4 members (excludes halogenated alkanes) is 1. The number of carbonyl (C=O) groups excluding carboxylic acids is 3. The number of carbonyl (C=O) groups is 4. The summed E-state index contributed by atoms with van der Waals surface area (Å²) < 4.78 is 71.0. The van der Waals surface area contributed by atoms with Gasteiger partial charge in [-0.25, -0.2) is 27.8 Å². The lowest BCUT2D eigenvalue weighted by atomic mass is 9.84. The highest BCUT2D eigenvalue weighted by Gasteiger charge is 2.39. The molecule has 21 heteroatoms. The van der Waals surface area contributed by atoms with Crippen LogP contribution in [0.25, 0.3) is 90.1 Å². The number of hydrogen-bond donors (Lipinski definition) is 2. The molecule has 516 valence electrons. The normalized spacial score (nSPS) is 11.7. The van der Waals surface area contributed by atoms with Crippen molar-refractivity contribution in [3.8, 4) is 84.9 Å². The number of nitrogens with zero attached hydrogens (tertiary/aromatic N) is 5. The topological polar surface area (TPSA) is 257 Å². The van der Waals surface area contributed by atoms with E-state index in [4.69, 9.17) is 42.4 Å². The van der Waals surface area contributed by atoms with Gasteiger partial charge in [-0.15, -0.1) is 0 Å². The summed E-state index contributed by atoms with van der Waals surface area (Å²) in [7, 11) is -2.33. The van der Waals surface area contributed by atoms with E-state index in [0.717, 1.165) is 98.6 Å². The van der Waals surface area contributed by atoms with Crippen LogP contribution in [0.15, 0.2) is 244 Å².